The van der Waals surface area contributed by atoms with Crippen LogP contribution in [0.3, 0.4) is 0 Å². The van der Waals surface area contributed by atoms with Crippen LogP contribution in [0.25, 0.3) is 10.9 Å². The third-order valence-corrected chi connectivity index (χ3v) is 5.91. The van der Waals surface area contributed by atoms with Gasteiger partial charge in [0.15, 0.2) is 6.04 Å². The Morgan fingerprint density at radius 3 is 2.67 bits per heavy atom. The number of nitrogens with zero attached hydrogens (tertiary/aromatic N) is 2. The van der Waals surface area contributed by atoms with Crippen LogP contribution in [-0.2, 0) is 41.6 Å². The first-order valence-corrected chi connectivity index (χ1v) is 11.8. The number of fused-ring (bicyclic) bond motifs is 1. The summed E-state index contributed by atoms with van der Waals surface area (Å²) in [6, 6.07) is 2.42. The van der Waals surface area contributed by atoms with Crippen LogP contribution in [0.4, 0.5) is 4.39 Å². The van der Waals surface area contributed by atoms with E-state index >= 15 is 0 Å². The zero-order chi connectivity index (χ0) is 26.6. The lowest BCUT2D eigenvalue weighted by molar-refractivity contribution is -0.166. The minimum atomic E-state index is -1.05. The first kappa shape index (κ1) is 27.3. The number of benzene rings is 1. The number of hydrogen-bond donors (Lipinski definition) is 1. The number of esters is 2. The molecule has 10 heteroatoms. The average molecular weight is 504 g/mol. The molecule has 1 aliphatic rings. The van der Waals surface area contributed by atoms with E-state index in [4.69, 9.17) is 19.9 Å². The third-order valence-electron chi connectivity index (χ3n) is 5.91. The first-order valence-electron chi connectivity index (χ1n) is 11.8. The standard InChI is InChI=1S/C26H34FN3O6/c1-6-10-29-14-16(18-13-17(27)7-8-20(18)29)12-19(28)24(32)30-11-9-21(23(30)25(33)34-5)35-15-22(31)36-26(2,3)4/h6-8,13-14,19,21,23H,1,9-12,15,28H2,2-5H3/t19-,21-,23-/m0/s1. The van der Waals surface area contributed by atoms with Crippen molar-refractivity contribution in [3.8, 4) is 0 Å². The highest BCUT2D eigenvalue weighted by Gasteiger charge is 2.45. The van der Waals surface area contributed by atoms with Crippen LogP contribution in [0.2, 0.25) is 0 Å². The average Bonchev–Trinajstić information content (AvgIpc) is 3.37. The van der Waals surface area contributed by atoms with Crippen LogP contribution in [0.1, 0.15) is 32.8 Å². The van der Waals surface area contributed by atoms with Crippen molar-refractivity contribution in [3.05, 3.63) is 48.4 Å². The molecule has 1 aromatic heterocycles. The maximum atomic E-state index is 14.0. The Kier molecular flexibility index (Phi) is 8.52. The van der Waals surface area contributed by atoms with Gasteiger partial charge in [-0.2, -0.15) is 0 Å². The summed E-state index contributed by atoms with van der Waals surface area (Å²) in [5.74, 6) is -2.09. The summed E-state index contributed by atoms with van der Waals surface area (Å²) in [7, 11) is 1.22. The second-order valence-corrected chi connectivity index (χ2v) is 9.79. The topological polar surface area (TPSA) is 113 Å². The number of rotatable bonds is 9. The number of ether oxygens (including phenoxy) is 3. The molecule has 1 amide bonds. The van der Waals surface area contributed by atoms with Crippen molar-refractivity contribution in [2.45, 2.75) is 63.9 Å². The molecule has 196 valence electrons. The van der Waals surface area contributed by atoms with Crippen molar-refractivity contribution >= 4 is 28.7 Å². The third kappa shape index (κ3) is 6.30. The van der Waals surface area contributed by atoms with E-state index in [1.807, 2.05) is 10.8 Å². The van der Waals surface area contributed by atoms with Gasteiger partial charge in [-0.1, -0.05) is 6.08 Å². The van der Waals surface area contributed by atoms with E-state index in [0.29, 0.717) is 23.9 Å². The molecule has 0 saturated carbocycles. The maximum absolute atomic E-state index is 14.0. The Balaban J connectivity index is 1.75. The van der Waals surface area contributed by atoms with Gasteiger partial charge in [-0.3, -0.25) is 4.79 Å². The second-order valence-electron chi connectivity index (χ2n) is 9.79. The molecule has 0 radical (unpaired) electrons. The fourth-order valence-electron chi connectivity index (χ4n) is 4.46. The SMILES string of the molecule is C=CCn1cc(C[C@H](N)C(=O)N2CC[C@H](OCC(=O)OC(C)(C)C)[C@H]2C(=O)OC)c2cc(F)ccc21. The number of nitrogens with two attached hydrogens (primary N) is 1. The molecule has 2 N–H and O–H groups in total. The molecule has 1 aromatic carbocycles. The highest BCUT2D eigenvalue weighted by molar-refractivity contribution is 5.90. The molecule has 0 spiro atoms. The van der Waals surface area contributed by atoms with E-state index in [-0.39, 0.29) is 19.6 Å². The van der Waals surface area contributed by atoms with Gasteiger partial charge >= 0.3 is 11.9 Å². The Labute approximate surface area is 209 Å². The van der Waals surface area contributed by atoms with E-state index in [9.17, 15) is 18.8 Å². The Bertz CT molecular complexity index is 1140. The number of halogens is 1. The molecule has 1 fully saturated rings. The monoisotopic (exact) mass is 503 g/mol. The molecule has 3 rings (SSSR count). The van der Waals surface area contributed by atoms with Crippen LogP contribution >= 0.6 is 0 Å². The lowest BCUT2D eigenvalue weighted by Crippen LogP contribution is -2.52. The fourth-order valence-corrected chi connectivity index (χ4v) is 4.46. The molecule has 0 unspecified atom stereocenters. The number of amides is 1. The summed E-state index contributed by atoms with van der Waals surface area (Å²) in [6.45, 7) is 9.32. The number of carbonyl (C=O) groups excluding carboxylic acids is 3. The zero-order valence-electron chi connectivity index (χ0n) is 21.2. The molecule has 36 heavy (non-hydrogen) atoms. The summed E-state index contributed by atoms with van der Waals surface area (Å²) in [4.78, 5) is 39.3. The van der Waals surface area contributed by atoms with E-state index in [0.717, 1.165) is 5.52 Å². The van der Waals surface area contributed by atoms with Crippen molar-refractivity contribution < 1.29 is 33.0 Å². The fraction of sp³-hybridized carbons (Fsp3) is 0.500. The van der Waals surface area contributed by atoms with Crippen LogP contribution in [0.5, 0.6) is 0 Å². The highest BCUT2D eigenvalue weighted by Crippen LogP contribution is 2.27. The highest BCUT2D eigenvalue weighted by atomic mass is 19.1. The molecule has 2 heterocycles. The first-order chi connectivity index (χ1) is 16.9. The lowest BCUT2D eigenvalue weighted by atomic mass is 10.0. The minimum Gasteiger partial charge on any atom is -0.467 e. The van der Waals surface area contributed by atoms with Crippen LogP contribution in [0.15, 0.2) is 37.1 Å². The number of carbonyl (C=O) groups is 3. The van der Waals surface area contributed by atoms with Gasteiger partial charge in [0.2, 0.25) is 5.91 Å². The number of allylic oxidation sites excluding steroid dienone is 1. The number of likely N-dealkylation sites (tertiary alicyclic amines) is 1. The molecule has 9 nitrogen and oxygen atoms in total. The van der Waals surface area contributed by atoms with Crippen molar-refractivity contribution in [3.63, 3.8) is 0 Å². The van der Waals surface area contributed by atoms with Gasteiger partial charge in [0.05, 0.1) is 19.3 Å². The van der Waals surface area contributed by atoms with Gasteiger partial charge < -0.3 is 29.4 Å². The molecule has 2 aromatic rings. The minimum absolute atomic E-state index is 0.136. The Hall–Kier alpha value is -3.24. The van der Waals surface area contributed by atoms with Gasteiger partial charge in [0.25, 0.3) is 0 Å². The molecule has 1 aliphatic heterocycles. The largest absolute Gasteiger partial charge is 0.467 e. The van der Waals surface area contributed by atoms with Gasteiger partial charge in [-0.25, -0.2) is 14.0 Å². The summed E-state index contributed by atoms with van der Waals surface area (Å²) in [6.07, 6.45) is 3.26. The normalized spacial score (nSPS) is 18.8. The molecule has 0 aliphatic carbocycles. The molecular weight excluding hydrogens is 469 g/mol. The second kappa shape index (κ2) is 11.2. The van der Waals surface area contributed by atoms with E-state index in [1.54, 1.807) is 32.9 Å². The van der Waals surface area contributed by atoms with Crippen molar-refractivity contribution in [1.82, 2.24) is 9.47 Å². The van der Waals surface area contributed by atoms with Crippen LogP contribution in [0, 0.1) is 5.82 Å². The van der Waals surface area contributed by atoms with Crippen molar-refractivity contribution in [2.75, 3.05) is 20.3 Å². The molecule has 0 bridgehead atoms. The van der Waals surface area contributed by atoms with Crippen molar-refractivity contribution in [2.24, 2.45) is 5.73 Å². The van der Waals surface area contributed by atoms with Gasteiger partial charge in [0.1, 0.15) is 18.0 Å². The summed E-state index contributed by atoms with van der Waals surface area (Å²) < 4.78 is 31.7. The molecule has 3 atom stereocenters. The summed E-state index contributed by atoms with van der Waals surface area (Å²) in [5, 5.41) is 0.657. The van der Waals surface area contributed by atoms with Crippen molar-refractivity contribution in [1.29, 1.82) is 0 Å². The van der Waals surface area contributed by atoms with E-state index in [2.05, 4.69) is 6.58 Å². The number of hydrogen-bond acceptors (Lipinski definition) is 7. The summed E-state index contributed by atoms with van der Waals surface area (Å²) >= 11 is 0. The van der Waals surface area contributed by atoms with Gasteiger partial charge in [0, 0.05) is 30.2 Å². The maximum Gasteiger partial charge on any atom is 0.332 e. The summed E-state index contributed by atoms with van der Waals surface area (Å²) in [5.41, 5.74) is 7.13. The number of aromatic nitrogens is 1. The van der Waals surface area contributed by atoms with E-state index in [1.165, 1.54) is 24.1 Å². The predicted octanol–water partition coefficient (Wildman–Crippen LogP) is 2.34. The Morgan fingerprint density at radius 2 is 2.03 bits per heavy atom. The van der Waals surface area contributed by atoms with Gasteiger partial charge in [-0.05, 0) is 57.4 Å². The molecule has 1 saturated heterocycles. The van der Waals surface area contributed by atoms with Crippen LogP contribution < -0.4 is 5.73 Å². The predicted molar refractivity (Wildman–Crippen MR) is 131 cm³/mol. The quantitative estimate of drug-likeness (QED) is 0.413. The van der Waals surface area contributed by atoms with Crippen LogP contribution in [-0.4, -0.2) is 71.4 Å². The van der Waals surface area contributed by atoms with E-state index < -0.39 is 47.5 Å². The number of methoxy groups -OCH3 is 1. The zero-order valence-corrected chi connectivity index (χ0v) is 21.2. The molecular formula is C26H34FN3O6. The van der Waals surface area contributed by atoms with Gasteiger partial charge in [-0.15, -0.1) is 6.58 Å². The Morgan fingerprint density at radius 1 is 1.31 bits per heavy atom. The smallest absolute Gasteiger partial charge is 0.332 e. The lowest BCUT2D eigenvalue weighted by Gasteiger charge is -2.28.